The molecule has 2 aromatic carbocycles. The molecule has 0 bridgehead atoms. The molecule has 0 N–H and O–H groups in total. The Hall–Kier alpha value is -2.34. The summed E-state index contributed by atoms with van der Waals surface area (Å²) in [6, 6.07) is 11.2. The Morgan fingerprint density at radius 3 is 2.08 bits per heavy atom. The monoisotopic (exact) mass is 348 g/mol. The molecule has 24 heavy (non-hydrogen) atoms. The SMILES string of the molecule is CC(C)S(=O)c1ccc(C(=O)OCC(=O)c2ccc(F)cc2)cc1. The van der Waals surface area contributed by atoms with Crippen molar-refractivity contribution in [3.8, 4) is 0 Å². The highest BCUT2D eigenvalue weighted by Crippen LogP contribution is 2.13. The van der Waals surface area contributed by atoms with E-state index in [9.17, 15) is 18.2 Å². The fraction of sp³-hybridized carbons (Fsp3) is 0.222. The lowest BCUT2D eigenvalue weighted by molar-refractivity contribution is 0.0474. The summed E-state index contributed by atoms with van der Waals surface area (Å²) < 4.78 is 29.7. The summed E-state index contributed by atoms with van der Waals surface area (Å²) in [7, 11) is -1.13. The van der Waals surface area contributed by atoms with E-state index in [0.29, 0.717) is 4.90 Å². The maximum Gasteiger partial charge on any atom is 0.338 e. The molecule has 2 rings (SSSR count). The second-order valence-corrected chi connectivity index (χ2v) is 7.39. The van der Waals surface area contributed by atoms with Gasteiger partial charge < -0.3 is 4.74 Å². The van der Waals surface area contributed by atoms with Crippen molar-refractivity contribution >= 4 is 22.6 Å². The summed E-state index contributed by atoms with van der Waals surface area (Å²) in [4.78, 5) is 24.4. The minimum atomic E-state index is -1.13. The molecule has 0 aliphatic heterocycles. The quantitative estimate of drug-likeness (QED) is 0.593. The summed E-state index contributed by atoms with van der Waals surface area (Å²) in [5, 5.41) is -0.0175. The standard InChI is InChI=1S/C18H17FO4S/c1-12(2)24(22)16-9-5-14(6-10-16)18(21)23-11-17(20)13-3-7-15(19)8-4-13/h3-10,12H,11H2,1-2H3. The molecular formula is C18H17FO4S. The second-order valence-electron chi connectivity index (χ2n) is 5.38. The highest BCUT2D eigenvalue weighted by atomic mass is 32.2. The third-order valence-electron chi connectivity index (χ3n) is 3.25. The summed E-state index contributed by atoms with van der Waals surface area (Å²) in [5.41, 5.74) is 0.540. The molecule has 4 nitrogen and oxygen atoms in total. The van der Waals surface area contributed by atoms with E-state index in [1.165, 1.54) is 36.4 Å². The molecule has 0 heterocycles. The Kier molecular flexibility index (Phi) is 5.98. The zero-order valence-corrected chi connectivity index (χ0v) is 14.1. The second kappa shape index (κ2) is 7.97. The van der Waals surface area contributed by atoms with Gasteiger partial charge in [0.15, 0.2) is 12.4 Å². The van der Waals surface area contributed by atoms with Crippen LogP contribution in [0.15, 0.2) is 53.4 Å². The first-order chi connectivity index (χ1) is 11.4. The van der Waals surface area contributed by atoms with E-state index in [-0.39, 0.29) is 16.4 Å². The summed E-state index contributed by atoms with van der Waals surface area (Å²) in [6.45, 7) is 3.27. The minimum Gasteiger partial charge on any atom is -0.454 e. The summed E-state index contributed by atoms with van der Waals surface area (Å²) >= 11 is 0. The Bertz CT molecular complexity index is 752. The molecular weight excluding hydrogens is 331 g/mol. The van der Waals surface area contributed by atoms with E-state index in [1.54, 1.807) is 12.1 Å². The molecule has 0 saturated carbocycles. The Morgan fingerprint density at radius 2 is 1.54 bits per heavy atom. The van der Waals surface area contributed by atoms with Gasteiger partial charge in [0, 0.05) is 15.7 Å². The molecule has 1 unspecified atom stereocenters. The first-order valence-corrected chi connectivity index (χ1v) is 8.56. The molecule has 0 spiro atoms. The van der Waals surface area contributed by atoms with Crippen molar-refractivity contribution in [3.05, 3.63) is 65.5 Å². The number of benzene rings is 2. The van der Waals surface area contributed by atoms with Gasteiger partial charge in [-0.15, -0.1) is 0 Å². The Balaban J connectivity index is 1.96. The van der Waals surface area contributed by atoms with Crippen LogP contribution in [0.3, 0.4) is 0 Å². The lowest BCUT2D eigenvalue weighted by Crippen LogP contribution is -2.14. The number of carbonyl (C=O) groups is 2. The van der Waals surface area contributed by atoms with Crippen LogP contribution in [0.4, 0.5) is 4.39 Å². The van der Waals surface area contributed by atoms with Crippen molar-refractivity contribution in [2.45, 2.75) is 24.0 Å². The van der Waals surface area contributed by atoms with E-state index >= 15 is 0 Å². The highest BCUT2D eigenvalue weighted by molar-refractivity contribution is 7.85. The number of ether oxygens (including phenoxy) is 1. The van der Waals surface area contributed by atoms with Gasteiger partial charge in [-0.25, -0.2) is 9.18 Å². The van der Waals surface area contributed by atoms with E-state index in [0.717, 1.165) is 0 Å². The Morgan fingerprint density at radius 1 is 1.00 bits per heavy atom. The van der Waals surface area contributed by atoms with Crippen LogP contribution in [-0.2, 0) is 15.5 Å². The number of carbonyl (C=O) groups excluding carboxylic acids is 2. The van der Waals surface area contributed by atoms with Gasteiger partial charge >= 0.3 is 5.97 Å². The molecule has 1 atom stereocenters. The predicted molar refractivity (Wildman–Crippen MR) is 89.0 cm³/mol. The van der Waals surface area contributed by atoms with Crippen molar-refractivity contribution in [1.29, 1.82) is 0 Å². The molecule has 0 fully saturated rings. The number of Topliss-reactive ketones (excluding diaryl/α,β-unsaturated/α-hetero) is 1. The number of halogens is 1. The third-order valence-corrected chi connectivity index (χ3v) is 4.84. The molecule has 0 aliphatic rings. The van der Waals surface area contributed by atoms with Crippen molar-refractivity contribution in [1.82, 2.24) is 0 Å². The number of rotatable bonds is 6. The number of hydrogen-bond donors (Lipinski definition) is 0. The smallest absolute Gasteiger partial charge is 0.338 e. The van der Waals surface area contributed by atoms with Crippen LogP contribution in [0, 0.1) is 5.82 Å². The van der Waals surface area contributed by atoms with Crippen molar-refractivity contribution < 1.29 is 22.9 Å². The summed E-state index contributed by atoms with van der Waals surface area (Å²) in [5.74, 6) is -1.50. The van der Waals surface area contributed by atoms with Gasteiger partial charge in [-0.1, -0.05) is 13.8 Å². The van der Waals surface area contributed by atoms with Gasteiger partial charge in [0.05, 0.1) is 16.4 Å². The Labute approximate surface area is 142 Å². The van der Waals surface area contributed by atoms with Crippen LogP contribution in [0.2, 0.25) is 0 Å². The predicted octanol–water partition coefficient (Wildman–Crippen LogP) is 3.38. The van der Waals surface area contributed by atoms with Crippen molar-refractivity contribution in [3.63, 3.8) is 0 Å². The van der Waals surface area contributed by atoms with Crippen LogP contribution in [0.25, 0.3) is 0 Å². The number of esters is 1. The van der Waals surface area contributed by atoms with E-state index < -0.39 is 35.0 Å². The van der Waals surface area contributed by atoms with E-state index in [4.69, 9.17) is 4.74 Å². The van der Waals surface area contributed by atoms with Gasteiger partial charge in [0.2, 0.25) is 0 Å². The zero-order chi connectivity index (χ0) is 17.7. The zero-order valence-electron chi connectivity index (χ0n) is 13.3. The van der Waals surface area contributed by atoms with Gasteiger partial charge in [0.25, 0.3) is 0 Å². The lowest BCUT2D eigenvalue weighted by Gasteiger charge is -2.07. The molecule has 126 valence electrons. The molecule has 0 saturated heterocycles. The highest BCUT2D eigenvalue weighted by Gasteiger charge is 2.13. The van der Waals surface area contributed by atoms with Gasteiger partial charge in [0.1, 0.15) is 5.82 Å². The van der Waals surface area contributed by atoms with Crippen LogP contribution in [-0.4, -0.2) is 27.8 Å². The van der Waals surface area contributed by atoms with Gasteiger partial charge in [-0.2, -0.15) is 0 Å². The average molecular weight is 348 g/mol. The van der Waals surface area contributed by atoms with E-state index in [1.807, 2.05) is 13.8 Å². The fourth-order valence-corrected chi connectivity index (χ4v) is 2.88. The third kappa shape index (κ3) is 4.58. The molecule has 0 radical (unpaired) electrons. The van der Waals surface area contributed by atoms with Crippen LogP contribution >= 0.6 is 0 Å². The number of ketones is 1. The first kappa shape index (κ1) is 18.0. The first-order valence-electron chi connectivity index (χ1n) is 7.35. The molecule has 0 aromatic heterocycles. The maximum atomic E-state index is 12.8. The fourth-order valence-electron chi connectivity index (χ4n) is 1.93. The van der Waals surface area contributed by atoms with Gasteiger partial charge in [-0.3, -0.25) is 9.00 Å². The van der Waals surface area contributed by atoms with Crippen molar-refractivity contribution in [2.75, 3.05) is 6.61 Å². The van der Waals surface area contributed by atoms with E-state index in [2.05, 4.69) is 0 Å². The van der Waals surface area contributed by atoms with Crippen LogP contribution < -0.4 is 0 Å². The average Bonchev–Trinajstić information content (AvgIpc) is 2.59. The van der Waals surface area contributed by atoms with Crippen LogP contribution in [0.5, 0.6) is 0 Å². The minimum absolute atomic E-state index is 0.0175. The number of hydrogen-bond acceptors (Lipinski definition) is 4. The molecule has 0 aliphatic carbocycles. The molecule has 2 aromatic rings. The summed E-state index contributed by atoms with van der Waals surface area (Å²) in [6.07, 6.45) is 0. The van der Waals surface area contributed by atoms with Crippen LogP contribution in [0.1, 0.15) is 34.6 Å². The molecule has 6 heteroatoms. The lowest BCUT2D eigenvalue weighted by atomic mass is 10.1. The maximum absolute atomic E-state index is 12.8. The largest absolute Gasteiger partial charge is 0.454 e. The molecule has 0 amide bonds. The topological polar surface area (TPSA) is 60.4 Å². The normalized spacial score (nSPS) is 12.0. The van der Waals surface area contributed by atoms with Crippen molar-refractivity contribution in [2.24, 2.45) is 0 Å². The van der Waals surface area contributed by atoms with Gasteiger partial charge in [-0.05, 0) is 48.5 Å².